The number of rotatable bonds is 10. The highest BCUT2D eigenvalue weighted by atomic mass is 32.2. The van der Waals surface area contributed by atoms with Gasteiger partial charge in [0.1, 0.15) is 34.6 Å². The first-order chi connectivity index (χ1) is 25.0. The fourth-order valence-electron chi connectivity index (χ4n) is 5.36. The Bertz CT molecular complexity index is 1800. The van der Waals surface area contributed by atoms with Gasteiger partial charge in [-0.25, -0.2) is 9.97 Å². The summed E-state index contributed by atoms with van der Waals surface area (Å²) in [5.41, 5.74) is 4.07. The number of thioether (sulfide) groups is 2. The van der Waals surface area contributed by atoms with Gasteiger partial charge in [0, 0.05) is 49.7 Å². The predicted octanol–water partition coefficient (Wildman–Crippen LogP) is 6.01. The van der Waals surface area contributed by atoms with Crippen LogP contribution in [0.3, 0.4) is 0 Å². The van der Waals surface area contributed by atoms with Gasteiger partial charge >= 0.3 is 0 Å². The maximum atomic E-state index is 9.19. The van der Waals surface area contributed by atoms with Gasteiger partial charge < -0.3 is 28.7 Å². The van der Waals surface area contributed by atoms with Crippen molar-refractivity contribution in [2.24, 2.45) is 0 Å². The molecule has 2 aromatic carbocycles. The van der Waals surface area contributed by atoms with E-state index in [1.165, 1.54) is 0 Å². The van der Waals surface area contributed by atoms with E-state index < -0.39 is 20.2 Å². The summed E-state index contributed by atoms with van der Waals surface area (Å²) in [6.07, 6.45) is 10.3. The SMILES string of the molecule is COc1cc(-c2ccc(N3CCCN(c4ccc(-c5cc(OC)c(SC)c(OC)c5)cn4)CC3)nc2)cc(OC)c1SC.CS(=O)(=O)O.CS(=O)(=O)O. The third-order valence-corrected chi connectivity index (χ3v) is 9.26. The van der Waals surface area contributed by atoms with Crippen LogP contribution in [0.15, 0.2) is 70.7 Å². The molecule has 0 bridgehead atoms. The first-order valence-corrected chi connectivity index (χ1v) is 22.1. The van der Waals surface area contributed by atoms with Crippen LogP contribution in [0.5, 0.6) is 23.0 Å². The van der Waals surface area contributed by atoms with Crippen LogP contribution < -0.4 is 28.7 Å². The number of hydrogen-bond donors (Lipinski definition) is 2. The molecule has 0 saturated carbocycles. The summed E-state index contributed by atoms with van der Waals surface area (Å²) in [4.78, 5) is 16.4. The minimum Gasteiger partial charge on any atom is -0.495 e. The molecule has 4 aromatic rings. The van der Waals surface area contributed by atoms with E-state index in [2.05, 4.69) is 34.1 Å². The lowest BCUT2D eigenvalue weighted by atomic mass is 10.1. The zero-order valence-corrected chi connectivity index (χ0v) is 34.2. The molecule has 0 amide bonds. The van der Waals surface area contributed by atoms with Crippen molar-refractivity contribution in [3.05, 3.63) is 60.9 Å². The lowest BCUT2D eigenvalue weighted by Crippen LogP contribution is -2.31. The molecular weight excluding hydrogens is 765 g/mol. The monoisotopic (exact) mass is 810 g/mol. The van der Waals surface area contributed by atoms with E-state index in [1.807, 2.05) is 49.2 Å². The maximum absolute atomic E-state index is 9.19. The van der Waals surface area contributed by atoms with Gasteiger partial charge in [-0.3, -0.25) is 9.11 Å². The summed E-state index contributed by atoms with van der Waals surface area (Å²) in [6, 6.07) is 16.6. The highest BCUT2D eigenvalue weighted by molar-refractivity contribution is 7.99. The van der Waals surface area contributed by atoms with E-state index in [4.69, 9.17) is 38.0 Å². The molecule has 0 radical (unpaired) electrons. The number of nitrogens with zero attached hydrogens (tertiary/aromatic N) is 4. The Balaban J connectivity index is 0.000000669. The van der Waals surface area contributed by atoms with E-state index in [1.54, 1.807) is 52.0 Å². The zero-order chi connectivity index (χ0) is 39.3. The molecule has 290 valence electrons. The van der Waals surface area contributed by atoms with Gasteiger partial charge in [-0.1, -0.05) is 0 Å². The minimum absolute atomic E-state index is 0.715. The summed E-state index contributed by atoms with van der Waals surface area (Å²) in [6.45, 7) is 3.60. The average Bonchev–Trinajstić information content (AvgIpc) is 3.39. The molecule has 5 rings (SSSR count). The molecule has 2 aromatic heterocycles. The van der Waals surface area contributed by atoms with E-state index >= 15 is 0 Å². The number of hydrogen-bond acceptors (Lipinski definition) is 14. The second-order valence-corrected chi connectivity index (χ2v) is 16.0. The quantitative estimate of drug-likeness (QED) is 0.140. The van der Waals surface area contributed by atoms with Crippen molar-refractivity contribution in [1.29, 1.82) is 0 Å². The van der Waals surface area contributed by atoms with Gasteiger partial charge in [0.25, 0.3) is 20.2 Å². The highest BCUT2D eigenvalue weighted by Gasteiger charge is 2.19. The normalized spacial score (nSPS) is 13.1. The first-order valence-electron chi connectivity index (χ1n) is 15.9. The van der Waals surface area contributed by atoms with Crippen molar-refractivity contribution in [3.8, 4) is 45.3 Å². The second kappa shape index (κ2) is 19.9. The van der Waals surface area contributed by atoms with Crippen molar-refractivity contribution < 1.29 is 44.9 Å². The molecule has 1 aliphatic heterocycles. The Labute approximate surface area is 320 Å². The summed E-state index contributed by atoms with van der Waals surface area (Å²) >= 11 is 3.22. The summed E-state index contributed by atoms with van der Waals surface area (Å²) in [5.74, 6) is 5.15. The van der Waals surface area contributed by atoms with Crippen molar-refractivity contribution in [3.63, 3.8) is 0 Å². The van der Waals surface area contributed by atoms with Gasteiger partial charge in [0.15, 0.2) is 0 Å². The molecule has 1 aliphatic rings. The Morgan fingerprint density at radius 2 is 0.868 bits per heavy atom. The summed E-state index contributed by atoms with van der Waals surface area (Å²) in [5, 5.41) is 0. The maximum Gasteiger partial charge on any atom is 0.261 e. The fourth-order valence-corrected chi connectivity index (χ4v) is 6.73. The van der Waals surface area contributed by atoms with Gasteiger partial charge in [-0.05, 0) is 78.6 Å². The van der Waals surface area contributed by atoms with Gasteiger partial charge in [0.05, 0.1) is 50.7 Å². The van der Waals surface area contributed by atoms with Crippen LogP contribution in [-0.4, -0.2) is 116 Å². The number of methoxy groups -OCH3 is 4. The average molecular weight is 811 g/mol. The first kappa shape index (κ1) is 43.5. The molecule has 53 heavy (non-hydrogen) atoms. The predicted molar refractivity (Wildman–Crippen MR) is 213 cm³/mol. The number of pyridine rings is 2. The second-order valence-electron chi connectivity index (χ2n) is 11.4. The number of aromatic nitrogens is 2. The van der Waals surface area contributed by atoms with Crippen LogP contribution in [0.4, 0.5) is 11.6 Å². The summed E-state index contributed by atoms with van der Waals surface area (Å²) in [7, 11) is -0.590. The smallest absolute Gasteiger partial charge is 0.261 e. The largest absolute Gasteiger partial charge is 0.495 e. The number of anilines is 2. The van der Waals surface area contributed by atoms with Gasteiger partial charge in [-0.15, -0.1) is 23.5 Å². The van der Waals surface area contributed by atoms with E-state index in [0.29, 0.717) is 12.5 Å². The van der Waals surface area contributed by atoms with Crippen LogP contribution >= 0.6 is 23.5 Å². The third kappa shape index (κ3) is 13.5. The molecule has 1 saturated heterocycles. The lowest BCUT2D eigenvalue weighted by molar-refractivity contribution is 0.376. The molecule has 18 heteroatoms. The Hall–Kier alpha value is -3.94. The molecule has 2 N–H and O–H groups in total. The Kier molecular flexibility index (Phi) is 16.4. The van der Waals surface area contributed by atoms with Gasteiger partial charge in [0.2, 0.25) is 0 Å². The molecule has 14 nitrogen and oxygen atoms in total. The highest BCUT2D eigenvalue weighted by Crippen LogP contribution is 2.42. The molecule has 0 unspecified atom stereocenters. The number of ether oxygens (including phenoxy) is 4. The molecule has 0 spiro atoms. The van der Waals surface area contributed by atoms with Crippen LogP contribution in [0.1, 0.15) is 6.42 Å². The van der Waals surface area contributed by atoms with Crippen molar-refractivity contribution in [1.82, 2.24) is 9.97 Å². The topological polar surface area (TPSA) is 178 Å². The number of benzene rings is 2. The Morgan fingerprint density at radius 3 is 1.09 bits per heavy atom. The van der Waals surface area contributed by atoms with Crippen LogP contribution in [0.25, 0.3) is 22.3 Å². The van der Waals surface area contributed by atoms with Crippen LogP contribution in [-0.2, 0) is 20.2 Å². The Morgan fingerprint density at radius 1 is 0.566 bits per heavy atom. The standard InChI is InChI=1S/C33H38N4O4S2.2CH4O3S/c1-38-26-16-24(17-27(39-2)32(26)42-5)22-8-10-30(34-20-22)36-12-7-13-37(15-14-36)31-11-9-23(21-35-31)25-18-28(40-3)33(43-6)29(19-25)41-4;2*1-5(2,3)4/h8-11,16-21H,7,12-15H2,1-6H3;2*1H3,(H,2,3,4). The molecule has 1 fully saturated rings. The van der Waals surface area contributed by atoms with Crippen molar-refractivity contribution in [2.45, 2.75) is 16.2 Å². The van der Waals surface area contributed by atoms with E-state index in [0.717, 1.165) is 99.3 Å². The third-order valence-electron chi connectivity index (χ3n) is 7.64. The van der Waals surface area contributed by atoms with Crippen LogP contribution in [0.2, 0.25) is 0 Å². The molecule has 3 heterocycles. The van der Waals surface area contributed by atoms with E-state index in [-0.39, 0.29) is 0 Å². The zero-order valence-electron chi connectivity index (χ0n) is 30.9. The molecule has 0 atom stereocenters. The van der Waals surface area contributed by atoms with Crippen molar-refractivity contribution >= 4 is 55.4 Å². The fraction of sp³-hybridized carbons (Fsp3) is 0.371. The lowest BCUT2D eigenvalue weighted by Gasteiger charge is -2.24. The van der Waals surface area contributed by atoms with E-state index in [9.17, 15) is 16.8 Å². The molecule has 0 aliphatic carbocycles. The summed E-state index contributed by atoms with van der Waals surface area (Å²) < 4.78 is 74.2. The van der Waals surface area contributed by atoms with Crippen LogP contribution in [0, 0.1) is 0 Å². The minimum atomic E-state index is -3.67. The van der Waals surface area contributed by atoms with Crippen molar-refractivity contribution in [2.75, 3.05) is 89.4 Å². The molecular formula is C35H46N4O10S4. The van der Waals surface area contributed by atoms with Gasteiger partial charge in [-0.2, -0.15) is 16.8 Å².